The average molecular weight is 246 g/mol. The summed E-state index contributed by atoms with van der Waals surface area (Å²) in [6.45, 7) is 0. The van der Waals surface area contributed by atoms with Crippen LogP contribution < -0.4 is 5.32 Å². The van der Waals surface area contributed by atoms with Crippen LogP contribution in [0.15, 0.2) is 36.7 Å². The number of hydrogen-bond acceptors (Lipinski definition) is 4. The zero-order chi connectivity index (χ0) is 11.7. The van der Waals surface area contributed by atoms with Gasteiger partial charge in [0.2, 0.25) is 5.28 Å². The maximum Gasteiger partial charge on any atom is 0.224 e. The first-order valence-electron chi connectivity index (χ1n) is 5.00. The lowest BCUT2D eigenvalue weighted by molar-refractivity contribution is 1.12. The molecule has 0 saturated carbocycles. The summed E-state index contributed by atoms with van der Waals surface area (Å²) in [5, 5.41) is 11.3. The highest BCUT2D eigenvalue weighted by molar-refractivity contribution is 6.28. The van der Waals surface area contributed by atoms with E-state index in [4.69, 9.17) is 11.6 Å². The van der Waals surface area contributed by atoms with Gasteiger partial charge in [0, 0.05) is 11.6 Å². The molecule has 0 aliphatic rings. The predicted molar refractivity (Wildman–Crippen MR) is 66.4 cm³/mol. The van der Waals surface area contributed by atoms with Crippen molar-refractivity contribution in [3.63, 3.8) is 0 Å². The Morgan fingerprint density at radius 1 is 1.24 bits per heavy atom. The third-order valence-electron chi connectivity index (χ3n) is 2.37. The summed E-state index contributed by atoms with van der Waals surface area (Å²) in [7, 11) is 0. The molecule has 3 aromatic rings. The van der Waals surface area contributed by atoms with Crippen molar-refractivity contribution in [1.29, 1.82) is 0 Å². The smallest absolute Gasteiger partial charge is 0.224 e. The SMILES string of the molecule is Clc1nccc(Nc2cccc3[nH]ncc23)n1. The molecule has 2 heterocycles. The summed E-state index contributed by atoms with van der Waals surface area (Å²) in [5.74, 6) is 0.652. The van der Waals surface area contributed by atoms with Crippen molar-refractivity contribution in [3.05, 3.63) is 41.9 Å². The lowest BCUT2D eigenvalue weighted by atomic mass is 10.2. The zero-order valence-corrected chi connectivity index (χ0v) is 9.44. The van der Waals surface area contributed by atoms with Crippen LogP contribution in [0.25, 0.3) is 10.9 Å². The minimum Gasteiger partial charge on any atom is -0.339 e. The van der Waals surface area contributed by atoms with Gasteiger partial charge in [-0.15, -0.1) is 0 Å². The number of fused-ring (bicyclic) bond motifs is 1. The summed E-state index contributed by atoms with van der Waals surface area (Å²) in [6, 6.07) is 7.60. The summed E-state index contributed by atoms with van der Waals surface area (Å²) < 4.78 is 0. The first-order chi connectivity index (χ1) is 8.33. The summed E-state index contributed by atoms with van der Waals surface area (Å²) in [6.07, 6.45) is 3.37. The molecule has 6 heteroatoms. The van der Waals surface area contributed by atoms with Crippen LogP contribution >= 0.6 is 11.6 Å². The fourth-order valence-corrected chi connectivity index (χ4v) is 1.77. The molecule has 0 aliphatic heterocycles. The molecule has 0 fully saturated rings. The number of anilines is 2. The molecule has 2 N–H and O–H groups in total. The van der Waals surface area contributed by atoms with Crippen molar-refractivity contribution in [3.8, 4) is 0 Å². The van der Waals surface area contributed by atoms with Crippen LogP contribution in [-0.2, 0) is 0 Å². The van der Waals surface area contributed by atoms with E-state index in [-0.39, 0.29) is 5.28 Å². The number of aromatic amines is 1. The van der Waals surface area contributed by atoms with E-state index in [0.29, 0.717) is 5.82 Å². The molecule has 0 aliphatic carbocycles. The van der Waals surface area contributed by atoms with Crippen molar-refractivity contribution in [2.24, 2.45) is 0 Å². The van der Waals surface area contributed by atoms with Crippen LogP contribution in [0.2, 0.25) is 5.28 Å². The first-order valence-corrected chi connectivity index (χ1v) is 5.38. The van der Waals surface area contributed by atoms with E-state index in [9.17, 15) is 0 Å². The molecule has 2 aromatic heterocycles. The highest BCUT2D eigenvalue weighted by atomic mass is 35.5. The van der Waals surface area contributed by atoms with Crippen LogP contribution in [0.4, 0.5) is 11.5 Å². The van der Waals surface area contributed by atoms with Gasteiger partial charge in [-0.1, -0.05) is 6.07 Å². The van der Waals surface area contributed by atoms with Crippen LogP contribution in [-0.4, -0.2) is 20.2 Å². The summed E-state index contributed by atoms with van der Waals surface area (Å²) in [4.78, 5) is 7.90. The van der Waals surface area contributed by atoms with Gasteiger partial charge in [-0.2, -0.15) is 5.10 Å². The molecule has 17 heavy (non-hydrogen) atoms. The van der Waals surface area contributed by atoms with Crippen molar-refractivity contribution in [2.75, 3.05) is 5.32 Å². The van der Waals surface area contributed by atoms with Crippen molar-refractivity contribution in [2.45, 2.75) is 0 Å². The number of rotatable bonds is 2. The quantitative estimate of drug-likeness (QED) is 0.682. The molecule has 0 saturated heterocycles. The van der Waals surface area contributed by atoms with Gasteiger partial charge in [-0.3, -0.25) is 5.10 Å². The maximum absolute atomic E-state index is 5.73. The number of benzene rings is 1. The Bertz CT molecular complexity index is 664. The van der Waals surface area contributed by atoms with E-state index in [1.54, 1.807) is 18.5 Å². The Labute approximate surface area is 102 Å². The fourth-order valence-electron chi connectivity index (χ4n) is 1.62. The molecule has 0 radical (unpaired) electrons. The third-order valence-corrected chi connectivity index (χ3v) is 2.56. The topological polar surface area (TPSA) is 66.5 Å². The molecular weight excluding hydrogens is 238 g/mol. The molecule has 3 rings (SSSR count). The Kier molecular flexibility index (Phi) is 2.38. The van der Waals surface area contributed by atoms with E-state index in [1.165, 1.54) is 0 Å². The number of nitrogens with zero attached hydrogens (tertiary/aromatic N) is 3. The van der Waals surface area contributed by atoms with Gasteiger partial charge in [0.15, 0.2) is 0 Å². The van der Waals surface area contributed by atoms with E-state index in [0.717, 1.165) is 16.6 Å². The Balaban J connectivity index is 2.02. The highest BCUT2D eigenvalue weighted by Gasteiger charge is 2.03. The molecule has 0 amide bonds. The predicted octanol–water partition coefficient (Wildman–Crippen LogP) is 2.75. The average Bonchev–Trinajstić information content (AvgIpc) is 2.78. The van der Waals surface area contributed by atoms with Gasteiger partial charge in [-0.25, -0.2) is 9.97 Å². The van der Waals surface area contributed by atoms with E-state index in [1.807, 2.05) is 18.2 Å². The second-order valence-corrected chi connectivity index (χ2v) is 3.81. The molecule has 0 spiro atoms. The van der Waals surface area contributed by atoms with Crippen LogP contribution in [0.5, 0.6) is 0 Å². The first kappa shape index (κ1) is 10.0. The Morgan fingerprint density at radius 3 is 3.06 bits per heavy atom. The van der Waals surface area contributed by atoms with Gasteiger partial charge in [0.1, 0.15) is 5.82 Å². The monoisotopic (exact) mass is 245 g/mol. The molecule has 0 bridgehead atoms. The fraction of sp³-hybridized carbons (Fsp3) is 0. The summed E-state index contributed by atoms with van der Waals surface area (Å²) >= 11 is 5.73. The van der Waals surface area contributed by atoms with E-state index in [2.05, 4.69) is 25.5 Å². The number of H-pyrrole nitrogens is 1. The van der Waals surface area contributed by atoms with Gasteiger partial charge >= 0.3 is 0 Å². The number of halogens is 1. The second-order valence-electron chi connectivity index (χ2n) is 3.47. The molecule has 0 unspecified atom stereocenters. The van der Waals surface area contributed by atoms with Crippen LogP contribution in [0.1, 0.15) is 0 Å². The minimum atomic E-state index is 0.217. The normalized spacial score (nSPS) is 10.6. The number of nitrogens with one attached hydrogen (secondary N) is 2. The minimum absolute atomic E-state index is 0.217. The third kappa shape index (κ3) is 1.92. The Morgan fingerprint density at radius 2 is 2.18 bits per heavy atom. The van der Waals surface area contributed by atoms with Gasteiger partial charge in [0.05, 0.1) is 17.4 Å². The number of hydrogen-bond donors (Lipinski definition) is 2. The van der Waals surface area contributed by atoms with E-state index < -0.39 is 0 Å². The van der Waals surface area contributed by atoms with Crippen molar-refractivity contribution < 1.29 is 0 Å². The molecular formula is C11H8ClN5. The highest BCUT2D eigenvalue weighted by Crippen LogP contribution is 2.24. The van der Waals surface area contributed by atoms with E-state index >= 15 is 0 Å². The number of aromatic nitrogens is 4. The summed E-state index contributed by atoms with van der Waals surface area (Å²) in [5.41, 5.74) is 1.89. The van der Waals surface area contributed by atoms with Crippen LogP contribution in [0.3, 0.4) is 0 Å². The lowest BCUT2D eigenvalue weighted by Gasteiger charge is -2.06. The molecule has 5 nitrogen and oxygen atoms in total. The second kappa shape index (κ2) is 4.03. The lowest BCUT2D eigenvalue weighted by Crippen LogP contribution is -1.94. The zero-order valence-electron chi connectivity index (χ0n) is 8.68. The maximum atomic E-state index is 5.73. The largest absolute Gasteiger partial charge is 0.339 e. The van der Waals surface area contributed by atoms with Gasteiger partial charge in [-0.05, 0) is 29.8 Å². The Hall–Kier alpha value is -2.14. The van der Waals surface area contributed by atoms with Crippen molar-refractivity contribution >= 4 is 34.0 Å². The van der Waals surface area contributed by atoms with Gasteiger partial charge < -0.3 is 5.32 Å². The standard InChI is InChI=1S/C11H8ClN5/c12-11-13-5-4-10(16-11)15-8-2-1-3-9-7(8)6-14-17-9/h1-6H,(H,14,17)(H,13,15,16). The van der Waals surface area contributed by atoms with Crippen LogP contribution in [0, 0.1) is 0 Å². The molecule has 1 aromatic carbocycles. The van der Waals surface area contributed by atoms with Crippen molar-refractivity contribution in [1.82, 2.24) is 20.2 Å². The van der Waals surface area contributed by atoms with Gasteiger partial charge in [0.25, 0.3) is 0 Å². The molecule has 0 atom stereocenters. The molecule has 84 valence electrons.